The van der Waals surface area contributed by atoms with Gasteiger partial charge in [-0.05, 0) is 24.5 Å². The van der Waals surface area contributed by atoms with E-state index in [2.05, 4.69) is 19.7 Å². The average molecular weight is 317 g/mol. The highest BCUT2D eigenvalue weighted by Gasteiger charge is 2.10. The second-order valence-corrected chi connectivity index (χ2v) is 5.59. The molecule has 2 aromatic heterocycles. The zero-order chi connectivity index (χ0) is 14.7. The SMILES string of the molecule is CSc1nsc(NC(=O)c2cccc(-n3ccnc3)c2)n1. The van der Waals surface area contributed by atoms with E-state index >= 15 is 0 Å². The minimum absolute atomic E-state index is 0.208. The number of benzene rings is 1. The van der Waals surface area contributed by atoms with E-state index in [4.69, 9.17) is 0 Å². The number of nitrogens with one attached hydrogen (secondary N) is 1. The molecule has 0 saturated carbocycles. The second-order valence-electron chi connectivity index (χ2n) is 4.06. The van der Waals surface area contributed by atoms with Crippen molar-refractivity contribution in [2.24, 2.45) is 0 Å². The molecular formula is C13H11N5OS2. The van der Waals surface area contributed by atoms with Crippen LogP contribution in [0.15, 0.2) is 48.1 Å². The van der Waals surface area contributed by atoms with Crippen molar-refractivity contribution in [1.29, 1.82) is 0 Å². The quantitative estimate of drug-likeness (QED) is 0.749. The van der Waals surface area contributed by atoms with Crippen molar-refractivity contribution in [3.05, 3.63) is 48.5 Å². The van der Waals surface area contributed by atoms with Crippen molar-refractivity contribution < 1.29 is 4.79 Å². The van der Waals surface area contributed by atoms with Crippen LogP contribution in [0.3, 0.4) is 0 Å². The van der Waals surface area contributed by atoms with Gasteiger partial charge in [-0.2, -0.15) is 9.36 Å². The van der Waals surface area contributed by atoms with E-state index in [-0.39, 0.29) is 5.91 Å². The van der Waals surface area contributed by atoms with Crippen molar-refractivity contribution in [2.75, 3.05) is 11.6 Å². The van der Waals surface area contributed by atoms with Crippen LogP contribution in [-0.2, 0) is 0 Å². The second kappa shape index (κ2) is 6.06. The molecule has 3 aromatic rings. The maximum Gasteiger partial charge on any atom is 0.257 e. The highest BCUT2D eigenvalue weighted by atomic mass is 32.2. The lowest BCUT2D eigenvalue weighted by Crippen LogP contribution is -2.12. The molecule has 0 spiro atoms. The minimum Gasteiger partial charge on any atom is -0.306 e. The zero-order valence-electron chi connectivity index (χ0n) is 11.1. The van der Waals surface area contributed by atoms with Crippen LogP contribution in [0.25, 0.3) is 5.69 Å². The fraction of sp³-hybridized carbons (Fsp3) is 0.0769. The van der Waals surface area contributed by atoms with Crippen LogP contribution in [-0.4, -0.2) is 31.1 Å². The molecule has 0 aliphatic heterocycles. The average Bonchev–Trinajstić information content (AvgIpc) is 3.18. The fourth-order valence-corrected chi connectivity index (χ4v) is 2.85. The van der Waals surface area contributed by atoms with Gasteiger partial charge in [0.25, 0.3) is 5.91 Å². The first-order chi connectivity index (χ1) is 10.3. The normalized spacial score (nSPS) is 10.5. The van der Waals surface area contributed by atoms with E-state index in [1.165, 1.54) is 23.3 Å². The summed E-state index contributed by atoms with van der Waals surface area (Å²) in [6, 6.07) is 7.30. The molecule has 1 N–H and O–H groups in total. The van der Waals surface area contributed by atoms with Crippen molar-refractivity contribution in [3.63, 3.8) is 0 Å². The maximum absolute atomic E-state index is 12.2. The molecule has 0 fully saturated rings. The van der Waals surface area contributed by atoms with Gasteiger partial charge >= 0.3 is 0 Å². The Morgan fingerprint density at radius 1 is 1.43 bits per heavy atom. The van der Waals surface area contributed by atoms with Crippen LogP contribution in [0.1, 0.15) is 10.4 Å². The lowest BCUT2D eigenvalue weighted by Gasteiger charge is -2.05. The number of carbonyl (C=O) groups is 1. The first kappa shape index (κ1) is 13.8. The Morgan fingerprint density at radius 3 is 3.05 bits per heavy atom. The molecule has 0 aliphatic rings. The molecule has 0 unspecified atom stereocenters. The van der Waals surface area contributed by atoms with E-state index in [0.29, 0.717) is 15.9 Å². The van der Waals surface area contributed by atoms with E-state index < -0.39 is 0 Å². The van der Waals surface area contributed by atoms with E-state index in [9.17, 15) is 4.79 Å². The van der Waals surface area contributed by atoms with Gasteiger partial charge in [-0.25, -0.2) is 4.98 Å². The molecule has 21 heavy (non-hydrogen) atoms. The molecule has 0 radical (unpaired) electrons. The third-order valence-corrected chi connectivity index (χ3v) is 4.02. The molecule has 1 amide bonds. The lowest BCUT2D eigenvalue weighted by molar-refractivity contribution is 0.102. The summed E-state index contributed by atoms with van der Waals surface area (Å²) in [5.41, 5.74) is 1.43. The molecule has 106 valence electrons. The monoisotopic (exact) mass is 317 g/mol. The lowest BCUT2D eigenvalue weighted by atomic mass is 10.2. The Bertz CT molecular complexity index is 754. The zero-order valence-corrected chi connectivity index (χ0v) is 12.7. The third kappa shape index (κ3) is 3.11. The summed E-state index contributed by atoms with van der Waals surface area (Å²) in [6.07, 6.45) is 7.10. The Hall–Kier alpha value is -2.19. The van der Waals surface area contributed by atoms with Crippen LogP contribution in [0.4, 0.5) is 5.13 Å². The van der Waals surface area contributed by atoms with Crippen LogP contribution in [0.2, 0.25) is 0 Å². The molecule has 0 atom stereocenters. The summed E-state index contributed by atoms with van der Waals surface area (Å²) in [7, 11) is 0. The van der Waals surface area contributed by atoms with Gasteiger partial charge in [-0.3, -0.25) is 10.1 Å². The van der Waals surface area contributed by atoms with Crippen molar-refractivity contribution in [1.82, 2.24) is 18.9 Å². The number of hydrogen-bond acceptors (Lipinski definition) is 6. The Morgan fingerprint density at radius 2 is 2.33 bits per heavy atom. The van der Waals surface area contributed by atoms with Gasteiger partial charge in [0.1, 0.15) is 0 Å². The summed E-state index contributed by atoms with van der Waals surface area (Å²) in [4.78, 5) is 20.4. The van der Waals surface area contributed by atoms with Gasteiger partial charge in [0, 0.05) is 35.2 Å². The van der Waals surface area contributed by atoms with Crippen LogP contribution in [0.5, 0.6) is 0 Å². The van der Waals surface area contributed by atoms with E-state index in [1.807, 2.05) is 29.2 Å². The number of nitrogens with zero attached hydrogens (tertiary/aromatic N) is 4. The first-order valence-corrected chi connectivity index (χ1v) is 8.03. The summed E-state index contributed by atoms with van der Waals surface area (Å²) in [5, 5.41) is 3.91. The highest BCUT2D eigenvalue weighted by Crippen LogP contribution is 2.19. The van der Waals surface area contributed by atoms with Gasteiger partial charge in [-0.1, -0.05) is 17.8 Å². The van der Waals surface area contributed by atoms with Gasteiger partial charge in [0.2, 0.25) is 10.3 Å². The Labute approximate surface area is 129 Å². The largest absolute Gasteiger partial charge is 0.306 e. The van der Waals surface area contributed by atoms with Crippen LogP contribution >= 0.6 is 23.3 Å². The van der Waals surface area contributed by atoms with Crippen molar-refractivity contribution in [2.45, 2.75) is 5.16 Å². The molecule has 3 rings (SSSR count). The van der Waals surface area contributed by atoms with Gasteiger partial charge < -0.3 is 4.57 Å². The Balaban J connectivity index is 1.80. The number of imidazole rings is 1. The molecule has 2 heterocycles. The molecule has 8 heteroatoms. The number of carbonyl (C=O) groups excluding carboxylic acids is 1. The van der Waals surface area contributed by atoms with E-state index in [0.717, 1.165) is 5.69 Å². The summed E-state index contributed by atoms with van der Waals surface area (Å²) in [6.45, 7) is 0. The summed E-state index contributed by atoms with van der Waals surface area (Å²) < 4.78 is 5.95. The maximum atomic E-state index is 12.2. The predicted octanol–water partition coefficient (Wildman–Crippen LogP) is 2.70. The third-order valence-electron chi connectivity index (χ3n) is 2.72. The highest BCUT2D eigenvalue weighted by molar-refractivity contribution is 7.98. The fourth-order valence-electron chi connectivity index (χ4n) is 1.73. The molecule has 1 aromatic carbocycles. The van der Waals surface area contributed by atoms with Crippen molar-refractivity contribution >= 4 is 34.3 Å². The van der Waals surface area contributed by atoms with Crippen LogP contribution in [0, 0.1) is 0 Å². The molecule has 0 saturated heterocycles. The molecule has 0 bridgehead atoms. The first-order valence-electron chi connectivity index (χ1n) is 6.04. The Kier molecular flexibility index (Phi) is 3.98. The molecule has 6 nitrogen and oxygen atoms in total. The number of hydrogen-bond donors (Lipinski definition) is 1. The topological polar surface area (TPSA) is 72.7 Å². The number of thioether (sulfide) groups is 1. The standard InChI is InChI=1S/C13H11N5OS2/c1-20-13-16-12(21-17-13)15-11(19)9-3-2-4-10(7-9)18-6-5-14-8-18/h2-8H,1H3,(H,15,16,17,19). The number of anilines is 1. The van der Waals surface area contributed by atoms with Crippen LogP contribution < -0.4 is 5.32 Å². The number of rotatable bonds is 4. The number of aromatic nitrogens is 4. The summed E-state index contributed by atoms with van der Waals surface area (Å²) >= 11 is 2.61. The van der Waals surface area contributed by atoms with E-state index in [1.54, 1.807) is 24.7 Å². The predicted molar refractivity (Wildman–Crippen MR) is 83.2 cm³/mol. The smallest absolute Gasteiger partial charge is 0.257 e. The van der Waals surface area contributed by atoms with Crippen molar-refractivity contribution in [3.8, 4) is 5.69 Å². The molecule has 0 aliphatic carbocycles. The van der Waals surface area contributed by atoms with Gasteiger partial charge in [0.15, 0.2) is 0 Å². The summed E-state index contributed by atoms with van der Waals surface area (Å²) in [5.74, 6) is -0.208. The minimum atomic E-state index is -0.208. The number of amides is 1. The van der Waals surface area contributed by atoms with Gasteiger partial charge in [-0.15, -0.1) is 0 Å². The van der Waals surface area contributed by atoms with Gasteiger partial charge in [0.05, 0.1) is 6.33 Å². The molecular weight excluding hydrogens is 306 g/mol.